The Hall–Kier alpha value is -1.76. The van der Waals surface area contributed by atoms with Gasteiger partial charge in [-0.2, -0.15) is 0 Å². The predicted molar refractivity (Wildman–Crippen MR) is 80.2 cm³/mol. The molecular weight excluding hydrogens is 288 g/mol. The molecule has 1 unspecified atom stereocenters. The molecule has 1 atom stereocenters. The van der Waals surface area contributed by atoms with E-state index in [2.05, 4.69) is 9.71 Å². The maximum Gasteiger partial charge on any atom is 0.241 e. The fraction of sp³-hybridized carbons (Fsp3) is 0.267. The molecule has 0 aliphatic carbocycles. The largest absolute Gasteiger partial charge is 0.396 e. The van der Waals surface area contributed by atoms with Crippen LogP contribution in [-0.2, 0) is 16.4 Å². The fourth-order valence-corrected chi connectivity index (χ4v) is 3.17. The Balaban J connectivity index is 2.14. The van der Waals surface area contributed by atoms with Crippen molar-refractivity contribution in [2.45, 2.75) is 24.3 Å². The minimum atomic E-state index is -3.59. The molecule has 0 amide bonds. The van der Waals surface area contributed by atoms with Gasteiger partial charge in [0.25, 0.3) is 0 Å². The summed E-state index contributed by atoms with van der Waals surface area (Å²) in [6, 6.07) is 11.5. The average Bonchev–Trinajstić information content (AvgIpc) is 2.48. The van der Waals surface area contributed by atoms with Crippen LogP contribution in [0.4, 0.5) is 0 Å². The third-order valence-electron chi connectivity index (χ3n) is 3.10. The summed E-state index contributed by atoms with van der Waals surface area (Å²) in [5.74, 6) is 0. The van der Waals surface area contributed by atoms with E-state index < -0.39 is 16.1 Å². The minimum Gasteiger partial charge on any atom is -0.396 e. The lowest BCUT2D eigenvalue weighted by Gasteiger charge is -2.14. The minimum absolute atomic E-state index is 0.0427. The van der Waals surface area contributed by atoms with Crippen molar-refractivity contribution in [2.24, 2.45) is 0 Å². The maximum absolute atomic E-state index is 12.3. The van der Waals surface area contributed by atoms with Crippen molar-refractivity contribution in [3.63, 3.8) is 0 Å². The van der Waals surface area contributed by atoms with Crippen molar-refractivity contribution in [3.05, 3.63) is 59.9 Å². The third kappa shape index (κ3) is 4.10. The second-order valence-electron chi connectivity index (χ2n) is 4.72. The van der Waals surface area contributed by atoms with E-state index in [0.29, 0.717) is 12.1 Å². The van der Waals surface area contributed by atoms with Gasteiger partial charge in [-0.3, -0.25) is 4.98 Å². The summed E-state index contributed by atoms with van der Waals surface area (Å²) in [6.45, 7) is 1.79. The predicted octanol–water partition coefficient (Wildman–Crippen LogP) is 1.66. The van der Waals surface area contributed by atoms with E-state index >= 15 is 0 Å². The third-order valence-corrected chi connectivity index (χ3v) is 4.65. The van der Waals surface area contributed by atoms with Crippen LogP contribution in [0.3, 0.4) is 0 Å². The van der Waals surface area contributed by atoms with Crippen molar-refractivity contribution in [2.75, 3.05) is 6.61 Å². The lowest BCUT2D eigenvalue weighted by atomic mass is 10.2. The molecule has 2 aromatic rings. The number of hydrogen-bond acceptors (Lipinski definition) is 4. The molecule has 112 valence electrons. The van der Waals surface area contributed by atoms with Gasteiger partial charge in [-0.1, -0.05) is 18.2 Å². The van der Waals surface area contributed by atoms with Crippen molar-refractivity contribution in [3.8, 4) is 0 Å². The van der Waals surface area contributed by atoms with Gasteiger partial charge in [-0.25, -0.2) is 13.1 Å². The number of aliphatic hydroxyl groups excluding tert-OH is 1. The summed E-state index contributed by atoms with van der Waals surface area (Å²) in [5, 5.41) is 8.86. The first kappa shape index (κ1) is 15.6. The Morgan fingerprint density at radius 2 is 1.90 bits per heavy atom. The number of hydrogen-bond donors (Lipinski definition) is 2. The van der Waals surface area contributed by atoms with E-state index in [1.807, 2.05) is 6.07 Å². The van der Waals surface area contributed by atoms with Crippen LogP contribution in [0.5, 0.6) is 0 Å². The van der Waals surface area contributed by atoms with E-state index in [1.54, 1.807) is 49.5 Å². The zero-order valence-corrected chi connectivity index (χ0v) is 12.5. The number of rotatable bonds is 6. The zero-order valence-electron chi connectivity index (χ0n) is 11.7. The average molecular weight is 306 g/mol. The molecule has 1 aromatic carbocycles. The molecule has 0 aliphatic heterocycles. The molecular formula is C15H18N2O3S. The summed E-state index contributed by atoms with van der Waals surface area (Å²) in [5.41, 5.74) is 1.56. The van der Waals surface area contributed by atoms with Gasteiger partial charge in [0, 0.05) is 12.8 Å². The molecule has 5 nitrogen and oxygen atoms in total. The van der Waals surface area contributed by atoms with Gasteiger partial charge in [0.05, 0.1) is 16.6 Å². The van der Waals surface area contributed by atoms with Crippen LogP contribution in [0, 0.1) is 0 Å². The standard InChI is InChI=1S/C15H18N2O3S/c1-12(15-4-2-3-10-16-15)17-21(19,20)14-7-5-13(6-8-14)9-11-18/h2-8,10,12,17-18H,9,11H2,1H3. The van der Waals surface area contributed by atoms with E-state index in [1.165, 1.54) is 0 Å². The van der Waals surface area contributed by atoms with E-state index in [0.717, 1.165) is 5.56 Å². The van der Waals surface area contributed by atoms with Crippen molar-refractivity contribution < 1.29 is 13.5 Å². The number of aliphatic hydroxyl groups is 1. The molecule has 0 saturated carbocycles. The van der Waals surface area contributed by atoms with Gasteiger partial charge in [-0.15, -0.1) is 0 Å². The zero-order chi connectivity index (χ0) is 15.3. The van der Waals surface area contributed by atoms with Gasteiger partial charge in [0.15, 0.2) is 0 Å². The normalized spacial score (nSPS) is 13.0. The molecule has 0 spiro atoms. The summed E-state index contributed by atoms with van der Waals surface area (Å²) in [7, 11) is -3.59. The first-order valence-electron chi connectivity index (χ1n) is 6.66. The van der Waals surface area contributed by atoms with Gasteiger partial charge in [0.2, 0.25) is 10.0 Å². The summed E-state index contributed by atoms with van der Waals surface area (Å²) in [4.78, 5) is 4.34. The highest BCUT2D eigenvalue weighted by Crippen LogP contribution is 2.16. The smallest absolute Gasteiger partial charge is 0.241 e. The summed E-state index contributed by atoms with van der Waals surface area (Å²) < 4.78 is 27.2. The molecule has 0 radical (unpaired) electrons. The highest BCUT2D eigenvalue weighted by atomic mass is 32.2. The van der Waals surface area contributed by atoms with Crippen LogP contribution in [0.1, 0.15) is 24.2 Å². The van der Waals surface area contributed by atoms with Crippen LogP contribution in [0.2, 0.25) is 0 Å². The fourth-order valence-electron chi connectivity index (χ4n) is 1.96. The Labute approximate surface area is 124 Å². The summed E-state index contributed by atoms with van der Waals surface area (Å²) in [6.07, 6.45) is 2.14. The van der Waals surface area contributed by atoms with Crippen LogP contribution in [0.25, 0.3) is 0 Å². The number of aromatic nitrogens is 1. The van der Waals surface area contributed by atoms with Gasteiger partial charge in [0.1, 0.15) is 0 Å². The van der Waals surface area contributed by atoms with Crippen LogP contribution < -0.4 is 4.72 Å². The molecule has 1 heterocycles. The number of nitrogens with one attached hydrogen (secondary N) is 1. The number of benzene rings is 1. The Bertz CT molecular complexity index is 670. The SMILES string of the molecule is CC(NS(=O)(=O)c1ccc(CCO)cc1)c1ccccn1. The van der Waals surface area contributed by atoms with E-state index in [-0.39, 0.29) is 11.5 Å². The summed E-state index contributed by atoms with van der Waals surface area (Å²) >= 11 is 0. The van der Waals surface area contributed by atoms with Crippen LogP contribution in [0.15, 0.2) is 53.6 Å². The molecule has 2 rings (SSSR count). The second kappa shape index (κ2) is 6.80. The Morgan fingerprint density at radius 1 is 1.19 bits per heavy atom. The van der Waals surface area contributed by atoms with E-state index in [4.69, 9.17) is 5.11 Å². The van der Waals surface area contributed by atoms with Gasteiger partial charge >= 0.3 is 0 Å². The number of nitrogens with zero attached hydrogens (tertiary/aromatic N) is 1. The van der Waals surface area contributed by atoms with E-state index in [9.17, 15) is 8.42 Å². The molecule has 21 heavy (non-hydrogen) atoms. The molecule has 0 saturated heterocycles. The second-order valence-corrected chi connectivity index (χ2v) is 6.43. The topological polar surface area (TPSA) is 79.3 Å². The highest BCUT2D eigenvalue weighted by Gasteiger charge is 2.18. The Kier molecular flexibility index (Phi) is 5.06. The van der Waals surface area contributed by atoms with Crippen molar-refractivity contribution in [1.29, 1.82) is 0 Å². The van der Waals surface area contributed by atoms with Crippen molar-refractivity contribution >= 4 is 10.0 Å². The molecule has 2 N–H and O–H groups in total. The molecule has 0 fully saturated rings. The number of sulfonamides is 1. The molecule has 0 bridgehead atoms. The molecule has 6 heteroatoms. The maximum atomic E-state index is 12.3. The first-order valence-corrected chi connectivity index (χ1v) is 8.14. The lowest BCUT2D eigenvalue weighted by molar-refractivity contribution is 0.299. The van der Waals surface area contributed by atoms with Gasteiger partial charge < -0.3 is 5.11 Å². The Morgan fingerprint density at radius 3 is 2.48 bits per heavy atom. The van der Waals surface area contributed by atoms with Crippen molar-refractivity contribution in [1.82, 2.24) is 9.71 Å². The monoisotopic (exact) mass is 306 g/mol. The first-order chi connectivity index (χ1) is 10.0. The van der Waals surface area contributed by atoms with Crippen LogP contribution in [-0.4, -0.2) is 25.1 Å². The quantitative estimate of drug-likeness (QED) is 0.850. The molecule has 0 aliphatic rings. The van der Waals surface area contributed by atoms with Gasteiger partial charge in [-0.05, 0) is 43.2 Å². The molecule has 1 aromatic heterocycles. The number of pyridine rings is 1. The van der Waals surface area contributed by atoms with Crippen LogP contribution >= 0.6 is 0 Å². The lowest BCUT2D eigenvalue weighted by Crippen LogP contribution is -2.27. The highest BCUT2D eigenvalue weighted by molar-refractivity contribution is 7.89.